The summed E-state index contributed by atoms with van der Waals surface area (Å²) in [5.41, 5.74) is 1.23. The molecule has 0 aliphatic rings. The highest BCUT2D eigenvalue weighted by atomic mass is 16.5. The van der Waals surface area contributed by atoms with Gasteiger partial charge in [0.05, 0.1) is 6.61 Å². The molecule has 1 rings (SSSR count). The van der Waals surface area contributed by atoms with Crippen molar-refractivity contribution in [2.24, 2.45) is 0 Å². The average molecular weight is 278 g/mol. The number of nitrogens with zero attached hydrogens (tertiary/aromatic N) is 1. The quantitative estimate of drug-likeness (QED) is 0.627. The molecular formula is C16H26N2O2. The molecule has 0 aromatic heterocycles. The Morgan fingerprint density at radius 2 is 2.10 bits per heavy atom. The SMILES string of the molecule is C=CCN(CCOC)CCOc1cccc(CNC)c1. The summed E-state index contributed by atoms with van der Waals surface area (Å²) in [7, 11) is 3.66. The van der Waals surface area contributed by atoms with Gasteiger partial charge in [-0.2, -0.15) is 0 Å². The minimum Gasteiger partial charge on any atom is -0.492 e. The Bertz CT molecular complexity index is 382. The second-order valence-corrected chi connectivity index (χ2v) is 4.61. The van der Waals surface area contributed by atoms with Crippen LogP contribution in [0.3, 0.4) is 0 Å². The van der Waals surface area contributed by atoms with E-state index in [4.69, 9.17) is 9.47 Å². The summed E-state index contributed by atoms with van der Waals surface area (Å²) in [6.45, 7) is 8.64. The Balaban J connectivity index is 2.37. The van der Waals surface area contributed by atoms with Crippen LogP contribution in [0.15, 0.2) is 36.9 Å². The van der Waals surface area contributed by atoms with Gasteiger partial charge in [0.25, 0.3) is 0 Å². The topological polar surface area (TPSA) is 33.7 Å². The van der Waals surface area contributed by atoms with Crippen LogP contribution in [0.25, 0.3) is 0 Å². The summed E-state index contributed by atoms with van der Waals surface area (Å²) >= 11 is 0. The Labute approximate surface area is 122 Å². The number of methoxy groups -OCH3 is 1. The lowest BCUT2D eigenvalue weighted by Crippen LogP contribution is -2.31. The van der Waals surface area contributed by atoms with Gasteiger partial charge in [-0.05, 0) is 24.7 Å². The lowest BCUT2D eigenvalue weighted by molar-refractivity contribution is 0.142. The molecule has 0 unspecified atom stereocenters. The summed E-state index contributed by atoms with van der Waals surface area (Å²) < 4.78 is 10.9. The van der Waals surface area contributed by atoms with Gasteiger partial charge >= 0.3 is 0 Å². The number of nitrogens with one attached hydrogen (secondary N) is 1. The molecule has 4 heteroatoms. The molecule has 0 fully saturated rings. The first-order valence-electron chi connectivity index (χ1n) is 6.98. The first kappa shape index (κ1) is 16.7. The lowest BCUT2D eigenvalue weighted by Gasteiger charge is -2.20. The van der Waals surface area contributed by atoms with E-state index >= 15 is 0 Å². The van der Waals surface area contributed by atoms with Crippen molar-refractivity contribution in [1.82, 2.24) is 10.2 Å². The molecular weight excluding hydrogens is 252 g/mol. The van der Waals surface area contributed by atoms with Gasteiger partial charge in [0.1, 0.15) is 12.4 Å². The van der Waals surface area contributed by atoms with Crippen LogP contribution in [0.4, 0.5) is 0 Å². The highest BCUT2D eigenvalue weighted by Crippen LogP contribution is 2.13. The molecule has 112 valence electrons. The predicted molar refractivity (Wildman–Crippen MR) is 83.2 cm³/mol. The molecule has 1 aromatic carbocycles. The van der Waals surface area contributed by atoms with E-state index in [9.17, 15) is 0 Å². The highest BCUT2D eigenvalue weighted by molar-refractivity contribution is 5.28. The molecule has 4 nitrogen and oxygen atoms in total. The third-order valence-corrected chi connectivity index (χ3v) is 2.95. The lowest BCUT2D eigenvalue weighted by atomic mass is 10.2. The standard InChI is InChI=1S/C16H26N2O2/c1-4-8-18(9-11-19-3)10-12-20-16-7-5-6-15(13-16)14-17-2/h4-7,13,17H,1,8-12,14H2,2-3H3. The summed E-state index contributed by atoms with van der Waals surface area (Å²) in [4.78, 5) is 2.26. The van der Waals surface area contributed by atoms with Crippen molar-refractivity contribution in [3.8, 4) is 5.75 Å². The van der Waals surface area contributed by atoms with Crippen molar-refractivity contribution in [2.45, 2.75) is 6.54 Å². The van der Waals surface area contributed by atoms with E-state index in [0.29, 0.717) is 6.61 Å². The van der Waals surface area contributed by atoms with E-state index in [-0.39, 0.29) is 0 Å². The van der Waals surface area contributed by atoms with E-state index in [0.717, 1.165) is 38.5 Å². The maximum atomic E-state index is 5.81. The molecule has 0 aliphatic heterocycles. The van der Waals surface area contributed by atoms with Crippen LogP contribution in [0.5, 0.6) is 5.75 Å². The van der Waals surface area contributed by atoms with Gasteiger partial charge < -0.3 is 14.8 Å². The van der Waals surface area contributed by atoms with Crippen molar-refractivity contribution in [1.29, 1.82) is 0 Å². The normalized spacial score (nSPS) is 10.8. The zero-order valence-electron chi connectivity index (χ0n) is 12.6. The summed E-state index contributed by atoms with van der Waals surface area (Å²) in [5, 5.41) is 3.14. The molecule has 0 amide bonds. The maximum Gasteiger partial charge on any atom is 0.119 e. The number of ether oxygens (including phenoxy) is 2. The molecule has 0 heterocycles. The third kappa shape index (κ3) is 6.70. The van der Waals surface area contributed by atoms with E-state index < -0.39 is 0 Å². The monoisotopic (exact) mass is 278 g/mol. The largest absolute Gasteiger partial charge is 0.492 e. The van der Waals surface area contributed by atoms with Crippen LogP contribution in [0, 0.1) is 0 Å². The predicted octanol–water partition coefficient (Wildman–Crippen LogP) is 1.92. The zero-order valence-corrected chi connectivity index (χ0v) is 12.6. The fraction of sp³-hybridized carbons (Fsp3) is 0.500. The van der Waals surface area contributed by atoms with Gasteiger partial charge in [0.15, 0.2) is 0 Å². The first-order chi connectivity index (χ1) is 9.80. The Morgan fingerprint density at radius 1 is 1.30 bits per heavy atom. The molecule has 0 bridgehead atoms. The fourth-order valence-electron chi connectivity index (χ4n) is 1.94. The minimum atomic E-state index is 0.667. The molecule has 20 heavy (non-hydrogen) atoms. The molecule has 1 aromatic rings. The maximum absolute atomic E-state index is 5.81. The van der Waals surface area contributed by atoms with Crippen LogP contribution in [-0.4, -0.2) is 51.9 Å². The van der Waals surface area contributed by atoms with Gasteiger partial charge in [-0.25, -0.2) is 0 Å². The average Bonchev–Trinajstić information content (AvgIpc) is 2.45. The molecule has 0 atom stereocenters. The van der Waals surface area contributed by atoms with Crippen LogP contribution in [0.1, 0.15) is 5.56 Å². The Morgan fingerprint density at radius 3 is 2.80 bits per heavy atom. The summed E-state index contributed by atoms with van der Waals surface area (Å²) in [5.74, 6) is 0.919. The minimum absolute atomic E-state index is 0.667. The summed E-state index contributed by atoms with van der Waals surface area (Å²) in [6, 6.07) is 8.18. The van der Waals surface area contributed by atoms with Crippen LogP contribution in [-0.2, 0) is 11.3 Å². The third-order valence-electron chi connectivity index (χ3n) is 2.95. The van der Waals surface area contributed by atoms with Gasteiger partial charge in [0.2, 0.25) is 0 Å². The van der Waals surface area contributed by atoms with Crippen LogP contribution in [0.2, 0.25) is 0 Å². The van der Waals surface area contributed by atoms with Crippen molar-refractivity contribution < 1.29 is 9.47 Å². The first-order valence-corrected chi connectivity index (χ1v) is 6.98. The van der Waals surface area contributed by atoms with Crippen molar-refractivity contribution >= 4 is 0 Å². The van der Waals surface area contributed by atoms with Gasteiger partial charge in [-0.3, -0.25) is 4.90 Å². The summed E-state index contributed by atoms with van der Waals surface area (Å²) in [6.07, 6.45) is 1.91. The molecule has 0 spiro atoms. The second-order valence-electron chi connectivity index (χ2n) is 4.61. The van der Waals surface area contributed by atoms with Gasteiger partial charge in [-0.1, -0.05) is 18.2 Å². The van der Waals surface area contributed by atoms with Crippen molar-refractivity contribution in [3.05, 3.63) is 42.5 Å². The molecule has 0 saturated carbocycles. The van der Waals surface area contributed by atoms with Crippen LogP contribution < -0.4 is 10.1 Å². The number of rotatable bonds is 11. The number of hydrogen-bond donors (Lipinski definition) is 1. The van der Waals surface area contributed by atoms with Crippen LogP contribution >= 0.6 is 0 Å². The molecule has 0 saturated heterocycles. The van der Waals surface area contributed by atoms with E-state index in [2.05, 4.69) is 28.9 Å². The molecule has 0 radical (unpaired) electrons. The van der Waals surface area contributed by atoms with E-state index in [1.54, 1.807) is 7.11 Å². The molecule has 1 N–H and O–H groups in total. The smallest absolute Gasteiger partial charge is 0.119 e. The van der Waals surface area contributed by atoms with Gasteiger partial charge in [-0.15, -0.1) is 6.58 Å². The number of hydrogen-bond acceptors (Lipinski definition) is 4. The molecule has 0 aliphatic carbocycles. The highest BCUT2D eigenvalue weighted by Gasteiger charge is 2.03. The van der Waals surface area contributed by atoms with E-state index in [1.165, 1.54) is 5.56 Å². The van der Waals surface area contributed by atoms with Crippen molar-refractivity contribution in [3.63, 3.8) is 0 Å². The Kier molecular flexibility index (Phi) is 8.71. The second kappa shape index (κ2) is 10.4. The van der Waals surface area contributed by atoms with Gasteiger partial charge in [0, 0.05) is 33.3 Å². The van der Waals surface area contributed by atoms with Crippen molar-refractivity contribution in [2.75, 3.05) is 47.0 Å². The fourth-order valence-corrected chi connectivity index (χ4v) is 1.94. The number of benzene rings is 1. The van der Waals surface area contributed by atoms with E-state index in [1.807, 2.05) is 25.3 Å². The Hall–Kier alpha value is -1.36. The zero-order chi connectivity index (χ0) is 14.6.